The summed E-state index contributed by atoms with van der Waals surface area (Å²) in [6.45, 7) is -1.73. The third-order valence-electron chi connectivity index (χ3n) is 2.59. The van der Waals surface area contributed by atoms with Gasteiger partial charge in [-0.25, -0.2) is 9.24 Å². The highest BCUT2D eigenvalue weighted by Crippen LogP contribution is 2.55. The van der Waals surface area contributed by atoms with Crippen LogP contribution in [-0.2, 0) is 9.30 Å². The number of morpholine rings is 1. The molecule has 1 aromatic carbocycles. The van der Waals surface area contributed by atoms with Crippen LogP contribution in [0.15, 0.2) is 24.3 Å². The number of nitro groups is 1. The van der Waals surface area contributed by atoms with Crippen molar-refractivity contribution in [3.05, 3.63) is 34.4 Å². The lowest BCUT2D eigenvalue weighted by molar-refractivity contribution is -0.384. The van der Waals surface area contributed by atoms with Gasteiger partial charge in [-0.1, -0.05) is 0 Å². The van der Waals surface area contributed by atoms with Crippen molar-refractivity contribution in [1.29, 1.82) is 0 Å². The van der Waals surface area contributed by atoms with Gasteiger partial charge in [-0.2, -0.15) is 0 Å². The van der Waals surface area contributed by atoms with Crippen LogP contribution in [0.2, 0.25) is 0 Å². The predicted octanol–water partition coefficient (Wildman–Crippen LogP) is 2.65. The van der Waals surface area contributed by atoms with Crippen LogP contribution >= 0.6 is 18.1 Å². The number of non-ortho nitro benzene ring substituents is 1. The van der Waals surface area contributed by atoms with Crippen molar-refractivity contribution in [2.24, 2.45) is 0 Å². The van der Waals surface area contributed by atoms with Crippen LogP contribution in [0.25, 0.3) is 0 Å². The Labute approximate surface area is 114 Å². The predicted molar refractivity (Wildman–Crippen MR) is 69.6 cm³/mol. The van der Waals surface area contributed by atoms with Gasteiger partial charge in [0, 0.05) is 36.5 Å². The van der Waals surface area contributed by atoms with E-state index >= 15 is 0 Å². The number of hydrogen-bond donors (Lipinski definition) is 0. The van der Waals surface area contributed by atoms with E-state index in [1.165, 1.54) is 28.9 Å². The second-order valence-corrected chi connectivity index (χ2v) is 6.79. The lowest BCUT2D eigenvalue weighted by Crippen LogP contribution is -2.33. The molecule has 9 heteroatoms. The average molecular weight is 307 g/mol. The second kappa shape index (κ2) is 5.88. The summed E-state index contributed by atoms with van der Waals surface area (Å²) in [5.74, 6) is 0.232. The van der Waals surface area contributed by atoms with E-state index in [1.807, 2.05) is 0 Å². The van der Waals surface area contributed by atoms with Gasteiger partial charge in [0.2, 0.25) is 0 Å². The first-order valence-corrected chi connectivity index (χ1v) is 8.04. The molecule has 7 nitrogen and oxygen atoms in total. The number of ether oxygens (including phenoxy) is 1. The van der Waals surface area contributed by atoms with Crippen LogP contribution < -0.4 is 4.52 Å². The molecule has 1 fully saturated rings. The molecular weight excluding hydrogens is 295 g/mol. The molecule has 104 valence electrons. The van der Waals surface area contributed by atoms with Gasteiger partial charge in [-0.15, -0.1) is 0 Å². The lowest BCUT2D eigenvalue weighted by Gasteiger charge is -2.29. The molecule has 1 heterocycles. The number of rotatable bonds is 4. The highest BCUT2D eigenvalue weighted by molar-refractivity contribution is 7.83. The number of benzene rings is 1. The Morgan fingerprint density at radius 1 is 1.32 bits per heavy atom. The fourth-order valence-electron chi connectivity index (χ4n) is 1.61. The van der Waals surface area contributed by atoms with Crippen LogP contribution in [0, 0.1) is 10.1 Å². The first-order chi connectivity index (χ1) is 8.99. The van der Waals surface area contributed by atoms with Gasteiger partial charge in [-0.05, 0) is 12.1 Å². The summed E-state index contributed by atoms with van der Waals surface area (Å²) in [6.07, 6.45) is 0. The van der Waals surface area contributed by atoms with Crippen LogP contribution in [0.1, 0.15) is 0 Å². The Kier molecular flexibility index (Phi) is 4.42. The third kappa shape index (κ3) is 3.67. The first kappa shape index (κ1) is 14.3. The molecule has 2 rings (SSSR count). The summed E-state index contributed by atoms with van der Waals surface area (Å²) in [4.78, 5) is 9.98. The molecule has 0 unspecified atom stereocenters. The van der Waals surface area contributed by atoms with Gasteiger partial charge in [0.25, 0.3) is 5.69 Å². The number of nitrogens with zero attached hydrogens (tertiary/aromatic N) is 2. The van der Waals surface area contributed by atoms with E-state index in [2.05, 4.69) is 0 Å². The largest absolute Gasteiger partial charge is 0.422 e. The molecule has 1 aromatic rings. The van der Waals surface area contributed by atoms with Crippen LogP contribution in [0.4, 0.5) is 5.69 Å². The Bertz CT molecular complexity index is 503. The maximum atomic E-state index is 12.2. The SMILES string of the molecule is O=[N+]([O-])c1ccc(O[P@](=O)(Cl)N2CCOCC2)cc1. The molecule has 0 bridgehead atoms. The van der Waals surface area contributed by atoms with Gasteiger partial charge in [0.1, 0.15) is 5.75 Å². The summed E-state index contributed by atoms with van der Waals surface area (Å²) < 4.78 is 24.1. The topological polar surface area (TPSA) is 81.9 Å². The van der Waals surface area contributed by atoms with Crippen LogP contribution in [0.3, 0.4) is 0 Å². The molecule has 1 atom stereocenters. The van der Waals surface area contributed by atoms with Crippen molar-refractivity contribution in [2.75, 3.05) is 26.3 Å². The smallest absolute Gasteiger partial charge is 0.411 e. The standard InChI is InChI=1S/C10H12ClN2O5P/c11-19(16,12-5-7-17-8-6-12)18-10-3-1-9(2-4-10)13(14)15/h1-4H,5-8H2/t19-/m1/s1. The quantitative estimate of drug-likeness (QED) is 0.483. The van der Waals surface area contributed by atoms with Crippen LogP contribution in [0.5, 0.6) is 5.75 Å². The number of nitro benzene ring substituents is 1. The fraction of sp³-hybridized carbons (Fsp3) is 0.400. The molecule has 0 N–H and O–H groups in total. The normalized spacial score (nSPS) is 19.6. The molecule has 0 aliphatic carbocycles. The van der Waals surface area contributed by atoms with E-state index in [0.29, 0.717) is 26.3 Å². The van der Waals surface area contributed by atoms with E-state index in [4.69, 9.17) is 20.5 Å². The van der Waals surface area contributed by atoms with E-state index in [0.717, 1.165) is 0 Å². The minimum Gasteiger partial charge on any atom is -0.422 e. The zero-order valence-electron chi connectivity index (χ0n) is 9.90. The summed E-state index contributed by atoms with van der Waals surface area (Å²) >= 11 is 5.92. The second-order valence-electron chi connectivity index (χ2n) is 3.86. The summed E-state index contributed by atoms with van der Waals surface area (Å²) in [6, 6.07) is 5.28. The van der Waals surface area contributed by atoms with Gasteiger partial charge in [-0.3, -0.25) is 10.1 Å². The highest BCUT2D eigenvalue weighted by atomic mass is 35.7. The summed E-state index contributed by atoms with van der Waals surface area (Å²) in [7, 11) is 0. The highest BCUT2D eigenvalue weighted by Gasteiger charge is 2.32. The van der Waals surface area contributed by atoms with Crippen LogP contribution in [-0.4, -0.2) is 35.9 Å². The van der Waals surface area contributed by atoms with Crippen molar-refractivity contribution in [2.45, 2.75) is 0 Å². The maximum Gasteiger partial charge on any atom is 0.411 e. The molecule has 0 radical (unpaired) electrons. The Balaban J connectivity index is 2.06. The first-order valence-electron chi connectivity index (χ1n) is 5.56. The van der Waals surface area contributed by atoms with Gasteiger partial charge < -0.3 is 9.26 Å². The lowest BCUT2D eigenvalue weighted by atomic mass is 10.3. The molecule has 0 amide bonds. The Morgan fingerprint density at radius 3 is 2.42 bits per heavy atom. The Morgan fingerprint density at radius 2 is 1.89 bits per heavy atom. The van der Waals surface area contributed by atoms with Crippen molar-refractivity contribution in [3.63, 3.8) is 0 Å². The van der Waals surface area contributed by atoms with E-state index in [-0.39, 0.29) is 11.4 Å². The zero-order chi connectivity index (χ0) is 13.9. The van der Waals surface area contributed by atoms with Crippen molar-refractivity contribution < 1.29 is 18.7 Å². The molecule has 19 heavy (non-hydrogen) atoms. The average Bonchev–Trinajstić information content (AvgIpc) is 2.40. The number of hydrogen-bond acceptors (Lipinski definition) is 5. The molecular formula is C10H12ClN2O5P. The minimum absolute atomic E-state index is 0.0665. The molecule has 0 spiro atoms. The minimum atomic E-state index is -3.47. The third-order valence-corrected chi connectivity index (χ3v) is 4.95. The van der Waals surface area contributed by atoms with E-state index in [1.54, 1.807) is 0 Å². The molecule has 1 aliphatic rings. The van der Waals surface area contributed by atoms with E-state index < -0.39 is 11.8 Å². The van der Waals surface area contributed by atoms with E-state index in [9.17, 15) is 14.7 Å². The molecule has 0 saturated carbocycles. The van der Waals surface area contributed by atoms with Gasteiger partial charge >= 0.3 is 6.87 Å². The fourth-order valence-corrected chi connectivity index (χ4v) is 3.44. The monoisotopic (exact) mass is 306 g/mol. The molecule has 1 aliphatic heterocycles. The van der Waals surface area contributed by atoms with Crippen molar-refractivity contribution >= 4 is 23.8 Å². The summed E-state index contributed by atoms with van der Waals surface area (Å²) in [5.41, 5.74) is -0.0665. The van der Waals surface area contributed by atoms with Crippen molar-refractivity contribution in [3.8, 4) is 5.75 Å². The van der Waals surface area contributed by atoms with Gasteiger partial charge in [0.15, 0.2) is 0 Å². The molecule has 1 saturated heterocycles. The Hall–Kier alpha value is -1.14. The van der Waals surface area contributed by atoms with Crippen molar-refractivity contribution in [1.82, 2.24) is 4.67 Å². The summed E-state index contributed by atoms with van der Waals surface area (Å²) in [5, 5.41) is 10.5. The molecule has 0 aromatic heterocycles. The van der Waals surface area contributed by atoms with Gasteiger partial charge in [0.05, 0.1) is 18.1 Å². The zero-order valence-corrected chi connectivity index (χ0v) is 11.5. The number of halogens is 1. The maximum absolute atomic E-state index is 12.2.